The van der Waals surface area contributed by atoms with Crippen LogP contribution in [0.3, 0.4) is 0 Å². The van der Waals surface area contributed by atoms with Crippen LogP contribution in [0, 0.1) is 5.92 Å². The minimum absolute atomic E-state index is 0.0392. The van der Waals surface area contributed by atoms with E-state index in [0.717, 1.165) is 31.0 Å². The van der Waals surface area contributed by atoms with E-state index in [1.807, 2.05) is 0 Å². The lowest BCUT2D eigenvalue weighted by molar-refractivity contribution is -0.0699. The summed E-state index contributed by atoms with van der Waals surface area (Å²) in [5.41, 5.74) is -0.199. The van der Waals surface area contributed by atoms with Gasteiger partial charge in [0.25, 0.3) is 0 Å². The van der Waals surface area contributed by atoms with Crippen molar-refractivity contribution < 1.29 is 14.3 Å². The maximum Gasteiger partial charge on any atom is 0.192 e. The maximum absolute atomic E-state index is 9.53. The van der Waals surface area contributed by atoms with E-state index in [0.29, 0.717) is 5.92 Å². The van der Waals surface area contributed by atoms with Gasteiger partial charge < -0.3 is 14.3 Å². The van der Waals surface area contributed by atoms with Gasteiger partial charge in [-0.25, -0.2) is 0 Å². The third-order valence-electron chi connectivity index (χ3n) is 5.63. The Bertz CT molecular complexity index is 370. The lowest BCUT2D eigenvalue weighted by Crippen LogP contribution is -2.46. The van der Waals surface area contributed by atoms with Crippen molar-refractivity contribution >= 4 is 24.2 Å². The molecule has 1 heterocycles. The Labute approximate surface area is 152 Å². The van der Waals surface area contributed by atoms with Gasteiger partial charge in [0.15, 0.2) is 8.32 Å². The molecular weight excluding hydrogens is 372 g/mol. The molecular formula is C18H37BrO3Si. The molecule has 3 nitrogen and oxygen atoms in total. The molecule has 4 atom stereocenters. The van der Waals surface area contributed by atoms with Crippen molar-refractivity contribution in [2.24, 2.45) is 5.92 Å². The lowest BCUT2D eigenvalue weighted by atomic mass is 9.89. The minimum Gasteiger partial charge on any atom is -0.414 e. The zero-order chi connectivity index (χ0) is 17.9. The number of hydrogen-bond acceptors (Lipinski definition) is 3. The molecule has 0 bridgehead atoms. The van der Waals surface area contributed by atoms with Gasteiger partial charge in [0.2, 0.25) is 0 Å². The molecule has 1 unspecified atom stereocenters. The second-order valence-corrected chi connectivity index (χ2v) is 14.1. The van der Waals surface area contributed by atoms with Crippen molar-refractivity contribution in [2.45, 2.75) is 96.2 Å². The summed E-state index contributed by atoms with van der Waals surface area (Å²) in [7, 11) is -1.79. The number of hydrogen-bond donors (Lipinski definition) is 1. The highest BCUT2D eigenvalue weighted by molar-refractivity contribution is 9.09. The van der Waals surface area contributed by atoms with Crippen LogP contribution in [-0.4, -0.2) is 43.2 Å². The Balaban J connectivity index is 2.86. The minimum atomic E-state index is -1.79. The Hall–Kier alpha value is 0.577. The van der Waals surface area contributed by atoms with E-state index < -0.39 is 8.32 Å². The average molecular weight is 409 g/mol. The van der Waals surface area contributed by atoms with Crippen LogP contribution in [-0.2, 0) is 9.16 Å². The van der Waals surface area contributed by atoms with E-state index in [1.165, 1.54) is 0 Å². The molecule has 1 fully saturated rings. The van der Waals surface area contributed by atoms with Crippen molar-refractivity contribution in [3.63, 3.8) is 0 Å². The molecule has 0 saturated carbocycles. The lowest BCUT2D eigenvalue weighted by Gasteiger charge is -2.41. The summed E-state index contributed by atoms with van der Waals surface area (Å²) in [4.78, 5) is 0. The van der Waals surface area contributed by atoms with Gasteiger partial charge in [0.05, 0.1) is 18.3 Å². The molecule has 0 aromatic heterocycles. The second kappa shape index (κ2) is 8.30. The van der Waals surface area contributed by atoms with Crippen molar-refractivity contribution in [1.82, 2.24) is 0 Å². The fraction of sp³-hybridized carbons (Fsp3) is 1.00. The molecule has 23 heavy (non-hydrogen) atoms. The molecule has 0 aromatic carbocycles. The van der Waals surface area contributed by atoms with Gasteiger partial charge in [0.1, 0.15) is 0 Å². The fourth-order valence-electron chi connectivity index (χ4n) is 3.23. The molecule has 138 valence electrons. The molecule has 0 aliphatic carbocycles. The zero-order valence-electron chi connectivity index (χ0n) is 16.1. The quantitative estimate of drug-likeness (QED) is 0.447. The third kappa shape index (κ3) is 5.53. The van der Waals surface area contributed by atoms with Crippen LogP contribution in [0.4, 0.5) is 0 Å². The molecule has 1 N–H and O–H groups in total. The first kappa shape index (κ1) is 21.6. The van der Waals surface area contributed by atoms with Crippen molar-refractivity contribution in [3.05, 3.63) is 0 Å². The summed E-state index contributed by atoms with van der Waals surface area (Å²) in [6, 6.07) is 0. The Morgan fingerprint density at radius 2 is 2.00 bits per heavy atom. The van der Waals surface area contributed by atoms with Gasteiger partial charge in [-0.1, -0.05) is 57.0 Å². The average Bonchev–Trinajstić information content (AvgIpc) is 2.74. The summed E-state index contributed by atoms with van der Waals surface area (Å²) < 4.78 is 13.0. The third-order valence-corrected chi connectivity index (χ3v) is 11.2. The molecule has 1 aliphatic heterocycles. The van der Waals surface area contributed by atoms with Crippen LogP contribution in [0.5, 0.6) is 0 Å². The van der Waals surface area contributed by atoms with Gasteiger partial charge in [0, 0.05) is 17.9 Å². The second-order valence-electron chi connectivity index (χ2n) is 8.83. The van der Waals surface area contributed by atoms with E-state index in [2.05, 4.69) is 63.6 Å². The van der Waals surface area contributed by atoms with E-state index in [4.69, 9.17) is 9.16 Å². The first-order chi connectivity index (χ1) is 10.5. The summed E-state index contributed by atoms with van der Waals surface area (Å²) >= 11 is 3.67. The monoisotopic (exact) mass is 408 g/mol. The summed E-state index contributed by atoms with van der Waals surface area (Å²) in [5, 5.41) is 10.6. The smallest absolute Gasteiger partial charge is 0.192 e. The predicted molar refractivity (Wildman–Crippen MR) is 104 cm³/mol. The first-order valence-corrected chi connectivity index (χ1v) is 13.1. The molecule has 1 rings (SSSR count). The number of rotatable bonds is 8. The van der Waals surface area contributed by atoms with Gasteiger partial charge in [-0.2, -0.15) is 0 Å². The number of alkyl halides is 1. The summed E-state index contributed by atoms with van der Waals surface area (Å²) in [6.07, 6.45) is 4.30. The molecule has 0 aromatic rings. The Morgan fingerprint density at radius 3 is 2.39 bits per heavy atom. The summed E-state index contributed by atoms with van der Waals surface area (Å²) in [6.45, 7) is 16.0. The van der Waals surface area contributed by atoms with Crippen molar-refractivity contribution in [2.75, 3.05) is 11.9 Å². The van der Waals surface area contributed by atoms with Crippen LogP contribution < -0.4 is 0 Å². The number of ether oxygens (including phenoxy) is 1. The highest BCUT2D eigenvalue weighted by Crippen LogP contribution is 2.43. The molecule has 0 amide bonds. The molecule has 1 saturated heterocycles. The van der Waals surface area contributed by atoms with E-state index in [9.17, 15) is 5.11 Å². The van der Waals surface area contributed by atoms with Crippen LogP contribution in [0.25, 0.3) is 0 Å². The largest absolute Gasteiger partial charge is 0.414 e. The van der Waals surface area contributed by atoms with Crippen molar-refractivity contribution in [1.29, 1.82) is 0 Å². The topological polar surface area (TPSA) is 38.7 Å². The van der Waals surface area contributed by atoms with E-state index in [-0.39, 0.29) is 29.5 Å². The van der Waals surface area contributed by atoms with Gasteiger partial charge in [-0.15, -0.1) is 0 Å². The molecule has 0 radical (unpaired) electrons. The van der Waals surface area contributed by atoms with Gasteiger partial charge in [-0.3, -0.25) is 0 Å². The standard InChI is InChI=1S/C18H37BrO3Si/c1-8-9-15(22-23(6,7)17(3,4)5)11-18(13-19)10-14(2)16(12-20)21-18/h14-16,20H,8-13H2,1-7H3/t14-,15-,16-,18?/m1/s1. The van der Waals surface area contributed by atoms with Gasteiger partial charge >= 0.3 is 0 Å². The van der Waals surface area contributed by atoms with E-state index >= 15 is 0 Å². The number of halogens is 1. The highest BCUT2D eigenvalue weighted by atomic mass is 79.9. The van der Waals surface area contributed by atoms with Crippen LogP contribution in [0.15, 0.2) is 0 Å². The number of aliphatic hydroxyl groups is 1. The zero-order valence-corrected chi connectivity index (χ0v) is 18.7. The SMILES string of the molecule is CCC[C@H](CC1(CBr)C[C@@H](C)[C@@H](CO)O1)O[Si](C)(C)C(C)(C)C. The Kier molecular flexibility index (Phi) is 7.81. The summed E-state index contributed by atoms with van der Waals surface area (Å²) in [5.74, 6) is 0.396. The van der Waals surface area contributed by atoms with E-state index in [1.54, 1.807) is 0 Å². The molecule has 1 aliphatic rings. The predicted octanol–water partition coefficient (Wildman–Crippen LogP) is 5.12. The first-order valence-electron chi connectivity index (χ1n) is 9.02. The Morgan fingerprint density at radius 1 is 1.39 bits per heavy atom. The number of aliphatic hydroxyl groups excluding tert-OH is 1. The van der Waals surface area contributed by atoms with Crippen LogP contribution in [0.1, 0.15) is 60.3 Å². The maximum atomic E-state index is 9.53. The normalized spacial score (nSPS) is 30.7. The van der Waals surface area contributed by atoms with Gasteiger partial charge in [-0.05, 0) is 36.9 Å². The molecule has 5 heteroatoms. The van der Waals surface area contributed by atoms with Crippen LogP contribution >= 0.6 is 15.9 Å². The van der Waals surface area contributed by atoms with Crippen LogP contribution in [0.2, 0.25) is 18.1 Å². The highest BCUT2D eigenvalue weighted by Gasteiger charge is 2.46. The fourth-order valence-corrected chi connectivity index (χ4v) is 5.20. The molecule has 0 spiro atoms. The van der Waals surface area contributed by atoms with Crippen molar-refractivity contribution in [3.8, 4) is 0 Å².